The molecule has 1 aromatic carbocycles. The zero-order valence-corrected chi connectivity index (χ0v) is 8.30. The molecule has 0 bridgehead atoms. The smallest absolute Gasteiger partial charge is 0.123 e. The van der Waals surface area contributed by atoms with Crippen molar-refractivity contribution in [3.05, 3.63) is 54.5 Å². The minimum atomic E-state index is -0.193. The Balaban J connectivity index is 2.00. The molecule has 0 amide bonds. The fraction of sp³-hybridized carbons (Fsp3) is 0.0909. The van der Waals surface area contributed by atoms with Crippen molar-refractivity contribution in [2.75, 3.05) is 0 Å². The molecule has 0 saturated heterocycles. The summed E-state index contributed by atoms with van der Waals surface area (Å²) in [4.78, 5) is 1.06. The van der Waals surface area contributed by atoms with Gasteiger partial charge in [0.15, 0.2) is 0 Å². The van der Waals surface area contributed by atoms with Gasteiger partial charge in [-0.05, 0) is 36.5 Å². The third-order valence-corrected chi connectivity index (χ3v) is 2.92. The van der Waals surface area contributed by atoms with Crippen LogP contribution in [-0.4, -0.2) is 5.37 Å². The number of hydrogen-bond donors (Lipinski definition) is 1. The van der Waals surface area contributed by atoms with Crippen molar-refractivity contribution in [3.63, 3.8) is 0 Å². The van der Waals surface area contributed by atoms with E-state index >= 15 is 0 Å². The summed E-state index contributed by atoms with van der Waals surface area (Å²) < 4.78 is 12.6. The first-order valence-corrected chi connectivity index (χ1v) is 5.24. The van der Waals surface area contributed by atoms with Crippen LogP contribution >= 0.6 is 11.8 Å². The highest BCUT2D eigenvalue weighted by Crippen LogP contribution is 2.23. The molecule has 1 heterocycles. The number of thioether (sulfide) groups is 1. The Bertz CT molecular complexity index is 356. The van der Waals surface area contributed by atoms with E-state index < -0.39 is 0 Å². The highest BCUT2D eigenvalue weighted by atomic mass is 32.2. The molecule has 0 spiro atoms. The SMILES string of the molecule is Fc1ccc(SC2C=CC=CN2)cc1. The van der Waals surface area contributed by atoms with Crippen molar-refractivity contribution in [1.29, 1.82) is 0 Å². The van der Waals surface area contributed by atoms with Gasteiger partial charge in [0.1, 0.15) is 5.82 Å². The predicted octanol–water partition coefficient (Wildman–Crippen LogP) is 2.92. The monoisotopic (exact) mass is 207 g/mol. The van der Waals surface area contributed by atoms with E-state index in [-0.39, 0.29) is 11.2 Å². The lowest BCUT2D eigenvalue weighted by Gasteiger charge is -2.14. The Kier molecular flexibility index (Phi) is 2.89. The van der Waals surface area contributed by atoms with Crippen LogP contribution in [0.15, 0.2) is 53.6 Å². The zero-order valence-electron chi connectivity index (χ0n) is 7.48. The van der Waals surface area contributed by atoms with Crippen molar-refractivity contribution in [2.24, 2.45) is 0 Å². The Morgan fingerprint density at radius 2 is 1.93 bits per heavy atom. The van der Waals surface area contributed by atoms with Gasteiger partial charge >= 0.3 is 0 Å². The Morgan fingerprint density at radius 1 is 1.14 bits per heavy atom. The van der Waals surface area contributed by atoms with Gasteiger partial charge in [-0.2, -0.15) is 0 Å². The zero-order chi connectivity index (χ0) is 9.80. The molecule has 0 saturated carbocycles. The fourth-order valence-electron chi connectivity index (χ4n) is 1.16. The quantitative estimate of drug-likeness (QED) is 0.800. The van der Waals surface area contributed by atoms with Crippen LogP contribution in [0.1, 0.15) is 0 Å². The Hall–Kier alpha value is -1.22. The molecule has 0 aliphatic carbocycles. The predicted molar refractivity (Wildman–Crippen MR) is 57.5 cm³/mol. The van der Waals surface area contributed by atoms with E-state index in [0.29, 0.717) is 0 Å². The number of benzene rings is 1. The van der Waals surface area contributed by atoms with Gasteiger partial charge in [0.25, 0.3) is 0 Å². The van der Waals surface area contributed by atoms with Gasteiger partial charge in [-0.3, -0.25) is 0 Å². The van der Waals surface area contributed by atoms with Crippen LogP contribution in [0, 0.1) is 5.82 Å². The minimum absolute atomic E-state index is 0.193. The molecule has 1 aliphatic heterocycles. The maximum Gasteiger partial charge on any atom is 0.123 e. The summed E-state index contributed by atoms with van der Waals surface area (Å²) in [5, 5.41) is 3.43. The van der Waals surface area contributed by atoms with Crippen LogP contribution in [0.4, 0.5) is 4.39 Å². The summed E-state index contributed by atoms with van der Waals surface area (Å²) in [6.45, 7) is 0. The van der Waals surface area contributed by atoms with Crippen LogP contribution in [0.2, 0.25) is 0 Å². The molecule has 14 heavy (non-hydrogen) atoms. The van der Waals surface area contributed by atoms with E-state index in [2.05, 4.69) is 11.4 Å². The summed E-state index contributed by atoms with van der Waals surface area (Å²) in [5.74, 6) is -0.193. The summed E-state index contributed by atoms with van der Waals surface area (Å²) in [6, 6.07) is 6.52. The van der Waals surface area contributed by atoms with Crippen molar-refractivity contribution in [1.82, 2.24) is 5.32 Å². The van der Waals surface area contributed by atoms with Gasteiger partial charge in [0.05, 0.1) is 5.37 Å². The van der Waals surface area contributed by atoms with Crippen molar-refractivity contribution < 1.29 is 4.39 Å². The van der Waals surface area contributed by atoms with Gasteiger partial charge in [0.2, 0.25) is 0 Å². The van der Waals surface area contributed by atoms with Crippen LogP contribution < -0.4 is 5.32 Å². The lowest BCUT2D eigenvalue weighted by Crippen LogP contribution is -2.19. The number of allylic oxidation sites excluding steroid dienone is 2. The summed E-state index contributed by atoms with van der Waals surface area (Å²) in [7, 11) is 0. The van der Waals surface area contributed by atoms with E-state index in [4.69, 9.17) is 0 Å². The first-order valence-electron chi connectivity index (χ1n) is 4.36. The van der Waals surface area contributed by atoms with E-state index in [1.165, 1.54) is 12.1 Å². The van der Waals surface area contributed by atoms with Crippen molar-refractivity contribution >= 4 is 11.8 Å². The molecular weight excluding hydrogens is 197 g/mol. The second-order valence-electron chi connectivity index (χ2n) is 2.90. The number of halogens is 1. The summed E-state index contributed by atoms with van der Waals surface area (Å²) in [5.41, 5.74) is 0. The molecule has 0 aromatic heterocycles. The van der Waals surface area contributed by atoms with E-state index in [0.717, 1.165) is 4.90 Å². The lowest BCUT2D eigenvalue weighted by atomic mass is 10.3. The van der Waals surface area contributed by atoms with Crippen LogP contribution in [0.5, 0.6) is 0 Å². The second-order valence-corrected chi connectivity index (χ2v) is 4.12. The third-order valence-electron chi connectivity index (χ3n) is 1.83. The van der Waals surface area contributed by atoms with Gasteiger partial charge in [-0.15, -0.1) is 0 Å². The number of rotatable bonds is 2. The van der Waals surface area contributed by atoms with Gasteiger partial charge < -0.3 is 5.32 Å². The summed E-state index contributed by atoms with van der Waals surface area (Å²) in [6.07, 6.45) is 7.91. The van der Waals surface area contributed by atoms with E-state index in [1.807, 2.05) is 18.4 Å². The van der Waals surface area contributed by atoms with Crippen molar-refractivity contribution in [2.45, 2.75) is 10.3 Å². The van der Waals surface area contributed by atoms with E-state index in [1.54, 1.807) is 23.9 Å². The Labute approximate surface area is 86.7 Å². The van der Waals surface area contributed by atoms with Crippen LogP contribution in [-0.2, 0) is 0 Å². The molecule has 1 aliphatic rings. The fourth-order valence-corrected chi connectivity index (χ4v) is 2.06. The average Bonchev–Trinajstić information content (AvgIpc) is 2.23. The van der Waals surface area contributed by atoms with Crippen LogP contribution in [0.25, 0.3) is 0 Å². The van der Waals surface area contributed by atoms with Gasteiger partial charge in [-0.25, -0.2) is 4.39 Å². The molecule has 1 aromatic rings. The van der Waals surface area contributed by atoms with E-state index in [9.17, 15) is 4.39 Å². The maximum absolute atomic E-state index is 12.6. The van der Waals surface area contributed by atoms with Crippen LogP contribution in [0.3, 0.4) is 0 Å². The molecule has 0 radical (unpaired) electrons. The molecule has 0 fully saturated rings. The highest BCUT2D eigenvalue weighted by Gasteiger charge is 2.05. The molecule has 2 rings (SSSR count). The first kappa shape index (κ1) is 9.34. The van der Waals surface area contributed by atoms with Gasteiger partial charge in [-0.1, -0.05) is 23.9 Å². The Morgan fingerprint density at radius 3 is 2.57 bits per heavy atom. The van der Waals surface area contributed by atoms with Gasteiger partial charge in [0, 0.05) is 4.90 Å². The topological polar surface area (TPSA) is 12.0 Å². The third kappa shape index (κ3) is 2.39. The second kappa shape index (κ2) is 4.33. The number of dihydropyridines is 1. The molecular formula is C11H10FNS. The molecule has 1 unspecified atom stereocenters. The highest BCUT2D eigenvalue weighted by molar-refractivity contribution is 8.00. The number of hydrogen-bond acceptors (Lipinski definition) is 2. The normalized spacial score (nSPS) is 19.4. The first-order chi connectivity index (χ1) is 6.84. The lowest BCUT2D eigenvalue weighted by molar-refractivity contribution is 0.626. The minimum Gasteiger partial charge on any atom is -0.376 e. The molecule has 1 atom stereocenters. The maximum atomic E-state index is 12.6. The molecule has 3 heteroatoms. The molecule has 1 N–H and O–H groups in total. The largest absolute Gasteiger partial charge is 0.376 e. The number of nitrogens with one attached hydrogen (secondary N) is 1. The standard InChI is InChI=1S/C11H10FNS/c12-9-4-6-10(7-5-9)14-11-3-1-2-8-13-11/h1-8,11,13H. The average molecular weight is 207 g/mol. The molecule has 72 valence electrons. The van der Waals surface area contributed by atoms with Crippen molar-refractivity contribution in [3.8, 4) is 0 Å². The summed E-state index contributed by atoms with van der Waals surface area (Å²) >= 11 is 1.66. The molecule has 1 nitrogen and oxygen atoms in total.